The fourth-order valence-electron chi connectivity index (χ4n) is 5.14. The molecular weight excluding hydrogens is 532 g/mol. The number of carbonyl (C=O) groups excluding carboxylic acids is 2. The van der Waals surface area contributed by atoms with Gasteiger partial charge in [-0.3, -0.25) is 9.59 Å². The van der Waals surface area contributed by atoms with Gasteiger partial charge in [0.05, 0.1) is 5.92 Å². The average molecular weight is 585 g/mol. The Balaban J connectivity index is 1.88. The van der Waals surface area contributed by atoms with E-state index in [0.29, 0.717) is 30.1 Å². The predicted octanol–water partition coefficient (Wildman–Crippen LogP) is 8.18. The van der Waals surface area contributed by atoms with E-state index >= 15 is 0 Å². The highest BCUT2D eigenvalue weighted by atomic mass is 32.2. The number of carbonyl (C=O) groups is 2. The number of aromatic hydroxyl groups is 2. The van der Waals surface area contributed by atoms with Crippen LogP contribution in [0.15, 0.2) is 12.1 Å². The topological polar surface area (TPSA) is 83.8 Å². The Morgan fingerprint density at radius 3 is 1.71 bits per heavy atom. The molecule has 228 valence electrons. The van der Waals surface area contributed by atoms with Gasteiger partial charge in [0.2, 0.25) is 0 Å². The van der Waals surface area contributed by atoms with Crippen molar-refractivity contribution in [2.75, 3.05) is 11.5 Å². The molecule has 0 amide bonds. The van der Waals surface area contributed by atoms with Crippen LogP contribution in [0.2, 0.25) is 0 Å². The molecule has 0 aromatic heterocycles. The number of thioether (sulfide) groups is 1. The Morgan fingerprint density at radius 1 is 0.780 bits per heavy atom. The van der Waals surface area contributed by atoms with E-state index in [1.54, 1.807) is 11.8 Å². The summed E-state index contributed by atoms with van der Waals surface area (Å²) in [6, 6.07) is 4.03. The largest absolute Gasteiger partial charge is 0.507 e. The van der Waals surface area contributed by atoms with Crippen LogP contribution in [0, 0.1) is 39.5 Å². The van der Waals surface area contributed by atoms with Crippen molar-refractivity contribution >= 4 is 23.5 Å². The SMILES string of the molecule is Cc1cc(C(C)(C)C)c(O)c(C)c1CCC(=O)C(C)CSC[C@H](C)C(=O)OCc1c(C)cc(C(C)(C)C)c(O)c1C. The zero-order chi connectivity index (χ0) is 31.4. The third kappa shape index (κ3) is 8.76. The number of phenolic OH excluding ortho intramolecular Hbond substituents is 2. The van der Waals surface area contributed by atoms with Crippen molar-refractivity contribution in [1.82, 2.24) is 0 Å². The first-order valence-corrected chi connectivity index (χ1v) is 15.8. The quantitative estimate of drug-likeness (QED) is 0.259. The molecule has 1 unspecified atom stereocenters. The number of hydrogen-bond donors (Lipinski definition) is 2. The summed E-state index contributed by atoms with van der Waals surface area (Å²) in [5.74, 6) is 1.29. The second kappa shape index (κ2) is 13.7. The minimum absolute atomic E-state index is 0.124. The molecule has 0 saturated heterocycles. The highest BCUT2D eigenvalue weighted by Crippen LogP contribution is 2.38. The third-order valence-electron chi connectivity index (χ3n) is 8.08. The van der Waals surface area contributed by atoms with Gasteiger partial charge in [-0.2, -0.15) is 11.8 Å². The lowest BCUT2D eigenvalue weighted by atomic mass is 9.82. The maximum absolute atomic E-state index is 12.9. The Kier molecular flexibility index (Phi) is 11.6. The van der Waals surface area contributed by atoms with E-state index in [-0.39, 0.29) is 46.8 Å². The maximum atomic E-state index is 12.9. The molecule has 0 aliphatic carbocycles. The van der Waals surface area contributed by atoms with Crippen molar-refractivity contribution in [1.29, 1.82) is 0 Å². The second-order valence-electron chi connectivity index (χ2n) is 13.8. The van der Waals surface area contributed by atoms with E-state index in [9.17, 15) is 19.8 Å². The molecule has 41 heavy (non-hydrogen) atoms. The minimum Gasteiger partial charge on any atom is -0.507 e. The summed E-state index contributed by atoms with van der Waals surface area (Å²) >= 11 is 1.59. The number of phenols is 2. The van der Waals surface area contributed by atoms with Gasteiger partial charge in [-0.25, -0.2) is 0 Å². The fraction of sp³-hybridized carbons (Fsp3) is 0.600. The molecule has 2 aromatic carbocycles. The molecule has 2 N–H and O–H groups in total. The van der Waals surface area contributed by atoms with Crippen LogP contribution in [0.4, 0.5) is 0 Å². The zero-order valence-corrected chi connectivity index (χ0v) is 28.2. The summed E-state index contributed by atoms with van der Waals surface area (Å²) in [6.45, 7) is 24.2. The lowest BCUT2D eigenvalue weighted by molar-refractivity contribution is -0.148. The maximum Gasteiger partial charge on any atom is 0.309 e. The van der Waals surface area contributed by atoms with Gasteiger partial charge in [-0.1, -0.05) is 67.5 Å². The summed E-state index contributed by atoms with van der Waals surface area (Å²) in [5.41, 5.74) is 7.10. The first kappa shape index (κ1) is 34.7. The van der Waals surface area contributed by atoms with Crippen LogP contribution in [-0.2, 0) is 38.2 Å². The lowest BCUT2D eigenvalue weighted by Crippen LogP contribution is -2.20. The van der Waals surface area contributed by atoms with Crippen molar-refractivity contribution in [3.63, 3.8) is 0 Å². The van der Waals surface area contributed by atoms with Gasteiger partial charge in [0.15, 0.2) is 0 Å². The molecule has 0 fully saturated rings. The number of esters is 1. The standard InChI is InChI=1S/C35H52O5S/c1-20-15-28(34(7,8)9)31(37)24(5)26(20)13-14-30(36)22(3)18-41-19-23(4)33(39)40-17-27-21(2)16-29(35(10,11)12)32(38)25(27)6/h15-16,22-23,37-38H,13-14,17-19H2,1-12H3/t22?,23-/m0/s1. The molecule has 0 spiro atoms. The lowest BCUT2D eigenvalue weighted by Gasteiger charge is -2.24. The number of benzene rings is 2. The second-order valence-corrected chi connectivity index (χ2v) is 14.9. The molecule has 0 radical (unpaired) electrons. The molecule has 2 atom stereocenters. The summed E-state index contributed by atoms with van der Waals surface area (Å²) in [4.78, 5) is 25.6. The van der Waals surface area contributed by atoms with Crippen LogP contribution in [-0.4, -0.2) is 33.5 Å². The van der Waals surface area contributed by atoms with Crippen LogP contribution >= 0.6 is 11.8 Å². The van der Waals surface area contributed by atoms with Crippen molar-refractivity contribution in [3.8, 4) is 11.5 Å². The van der Waals surface area contributed by atoms with Gasteiger partial charge in [-0.05, 0) is 89.5 Å². The molecule has 2 aromatic rings. The van der Waals surface area contributed by atoms with Crippen LogP contribution in [0.1, 0.15) is 106 Å². The molecule has 0 bridgehead atoms. The Bertz CT molecular complexity index is 1170. The van der Waals surface area contributed by atoms with Crippen molar-refractivity contribution < 1.29 is 24.5 Å². The van der Waals surface area contributed by atoms with Crippen LogP contribution < -0.4 is 0 Å². The van der Waals surface area contributed by atoms with E-state index in [1.165, 1.54) is 0 Å². The molecular formula is C35H52O5S. The number of ether oxygens (including phenoxy) is 1. The average Bonchev–Trinajstić information content (AvgIpc) is 2.86. The van der Waals surface area contributed by atoms with Gasteiger partial charge in [0.1, 0.15) is 23.9 Å². The molecule has 0 aliphatic rings. The summed E-state index contributed by atoms with van der Waals surface area (Å²) in [7, 11) is 0. The van der Waals surface area contributed by atoms with Crippen molar-refractivity contribution in [2.45, 2.75) is 113 Å². The van der Waals surface area contributed by atoms with Gasteiger partial charge in [-0.15, -0.1) is 0 Å². The van der Waals surface area contributed by atoms with E-state index in [0.717, 1.165) is 44.5 Å². The highest BCUT2D eigenvalue weighted by Gasteiger charge is 2.25. The molecule has 5 nitrogen and oxygen atoms in total. The Labute approximate surface area is 252 Å². The zero-order valence-electron chi connectivity index (χ0n) is 27.4. The first-order chi connectivity index (χ1) is 18.8. The van der Waals surface area contributed by atoms with Crippen LogP contribution in [0.5, 0.6) is 11.5 Å². The predicted molar refractivity (Wildman–Crippen MR) is 171 cm³/mol. The van der Waals surface area contributed by atoms with Crippen LogP contribution in [0.3, 0.4) is 0 Å². The highest BCUT2D eigenvalue weighted by molar-refractivity contribution is 7.99. The summed E-state index contributed by atoms with van der Waals surface area (Å²) < 4.78 is 5.64. The molecule has 2 rings (SSSR count). The normalized spacial score (nSPS) is 13.7. The number of rotatable bonds is 11. The van der Waals surface area contributed by atoms with Gasteiger partial charge < -0.3 is 14.9 Å². The third-order valence-corrected chi connectivity index (χ3v) is 9.55. The Morgan fingerprint density at radius 2 is 1.22 bits per heavy atom. The summed E-state index contributed by atoms with van der Waals surface area (Å²) in [6.07, 6.45) is 1.03. The van der Waals surface area contributed by atoms with E-state index in [1.807, 2.05) is 53.7 Å². The van der Waals surface area contributed by atoms with Gasteiger partial charge in [0, 0.05) is 23.8 Å². The summed E-state index contributed by atoms with van der Waals surface area (Å²) in [5, 5.41) is 21.5. The van der Waals surface area contributed by atoms with Crippen molar-refractivity contribution in [3.05, 3.63) is 56.6 Å². The monoisotopic (exact) mass is 584 g/mol. The molecule has 6 heteroatoms. The van der Waals surface area contributed by atoms with Gasteiger partial charge in [0.25, 0.3) is 0 Å². The fourth-order valence-corrected chi connectivity index (χ4v) is 6.30. The number of Topliss-reactive ketones (excluding diaryl/α,β-unsaturated/α-hetero) is 1. The van der Waals surface area contributed by atoms with E-state index in [4.69, 9.17) is 4.74 Å². The van der Waals surface area contributed by atoms with Crippen LogP contribution in [0.25, 0.3) is 0 Å². The number of aryl methyl sites for hydroxylation is 2. The first-order valence-electron chi connectivity index (χ1n) is 14.7. The van der Waals surface area contributed by atoms with E-state index < -0.39 is 0 Å². The smallest absolute Gasteiger partial charge is 0.309 e. The molecule has 0 heterocycles. The number of hydrogen-bond acceptors (Lipinski definition) is 6. The Hall–Kier alpha value is -2.47. The van der Waals surface area contributed by atoms with Crippen molar-refractivity contribution in [2.24, 2.45) is 11.8 Å². The number of ketones is 1. The molecule has 0 aliphatic heterocycles. The minimum atomic E-state index is -0.306. The van der Waals surface area contributed by atoms with E-state index in [2.05, 4.69) is 41.5 Å². The molecule has 0 saturated carbocycles. The van der Waals surface area contributed by atoms with Gasteiger partial charge >= 0.3 is 5.97 Å².